The van der Waals surface area contributed by atoms with Crippen molar-refractivity contribution in [1.82, 2.24) is 24.3 Å². The fourth-order valence-corrected chi connectivity index (χ4v) is 3.61. The van der Waals surface area contributed by atoms with E-state index >= 15 is 0 Å². The fourth-order valence-electron chi connectivity index (χ4n) is 3.61. The molecule has 0 radical (unpaired) electrons. The highest BCUT2D eigenvalue weighted by molar-refractivity contribution is 5.91. The third-order valence-corrected chi connectivity index (χ3v) is 5.23. The lowest BCUT2D eigenvalue weighted by atomic mass is 10.1. The van der Waals surface area contributed by atoms with E-state index in [0.717, 1.165) is 17.7 Å². The van der Waals surface area contributed by atoms with Crippen LogP contribution in [0.4, 0.5) is 13.2 Å². The predicted molar refractivity (Wildman–Crippen MR) is 117 cm³/mol. The summed E-state index contributed by atoms with van der Waals surface area (Å²) in [5.41, 5.74) is 1.96. The molecule has 0 amide bonds. The molecule has 164 valence electrons. The normalized spacial score (nSPS) is 11.7. The van der Waals surface area contributed by atoms with Crippen molar-refractivity contribution in [2.24, 2.45) is 0 Å². The summed E-state index contributed by atoms with van der Waals surface area (Å²) in [6.07, 6.45) is 2.21. The molecule has 5 aromatic rings. The Kier molecular flexibility index (Phi) is 5.01. The van der Waals surface area contributed by atoms with Crippen LogP contribution < -0.4 is 5.56 Å². The van der Waals surface area contributed by atoms with Crippen molar-refractivity contribution >= 4 is 11.0 Å². The van der Waals surface area contributed by atoms with Gasteiger partial charge in [0, 0.05) is 41.8 Å². The molecule has 0 N–H and O–H groups in total. The van der Waals surface area contributed by atoms with Crippen LogP contribution in [0.15, 0.2) is 90.2 Å². The average molecular weight is 447 g/mol. The molecule has 4 aromatic heterocycles. The van der Waals surface area contributed by atoms with Gasteiger partial charge < -0.3 is 4.57 Å². The van der Waals surface area contributed by atoms with Gasteiger partial charge in [0.1, 0.15) is 5.69 Å². The first-order valence-corrected chi connectivity index (χ1v) is 10.0. The highest BCUT2D eigenvalue weighted by Gasteiger charge is 2.30. The zero-order valence-corrected chi connectivity index (χ0v) is 17.1. The zero-order chi connectivity index (χ0) is 23.0. The standard InChI is InChI=1S/C24H16F3N5O/c25-24(26,27)18-5-7-19(8-6-18)32-23-20(4-2-11-29-23)22(30-32)17-9-12-31(21(33)13-17)15-16-3-1-10-28-14-16/h1-14H,15H2. The van der Waals surface area contributed by atoms with Gasteiger partial charge in [-0.15, -0.1) is 0 Å². The maximum absolute atomic E-state index is 12.9. The lowest BCUT2D eigenvalue weighted by Gasteiger charge is -2.08. The van der Waals surface area contributed by atoms with Gasteiger partial charge in [-0.25, -0.2) is 9.67 Å². The third-order valence-electron chi connectivity index (χ3n) is 5.23. The number of hydrogen-bond acceptors (Lipinski definition) is 4. The van der Waals surface area contributed by atoms with Crippen molar-refractivity contribution < 1.29 is 13.2 Å². The smallest absolute Gasteiger partial charge is 0.311 e. The number of fused-ring (bicyclic) bond motifs is 1. The summed E-state index contributed by atoms with van der Waals surface area (Å²) in [5, 5.41) is 5.27. The molecule has 0 aliphatic rings. The first kappa shape index (κ1) is 20.6. The van der Waals surface area contributed by atoms with Gasteiger partial charge >= 0.3 is 6.18 Å². The molecule has 33 heavy (non-hydrogen) atoms. The maximum Gasteiger partial charge on any atom is 0.416 e. The molecule has 9 heteroatoms. The predicted octanol–water partition coefficient (Wildman–Crippen LogP) is 4.71. The number of rotatable bonds is 4. The summed E-state index contributed by atoms with van der Waals surface area (Å²) in [6.45, 7) is 0.384. The second kappa shape index (κ2) is 8.01. The van der Waals surface area contributed by atoms with Gasteiger partial charge in [0.2, 0.25) is 0 Å². The number of benzene rings is 1. The Labute approximate surface area is 185 Å². The molecule has 0 aliphatic carbocycles. The minimum Gasteiger partial charge on any atom is -0.311 e. The summed E-state index contributed by atoms with van der Waals surface area (Å²) < 4.78 is 41.9. The Morgan fingerprint density at radius 3 is 2.42 bits per heavy atom. The van der Waals surface area contributed by atoms with Crippen LogP contribution in [0.3, 0.4) is 0 Å². The van der Waals surface area contributed by atoms with Crippen LogP contribution in [-0.4, -0.2) is 24.3 Å². The van der Waals surface area contributed by atoms with Crippen LogP contribution in [0.25, 0.3) is 28.0 Å². The van der Waals surface area contributed by atoms with Gasteiger partial charge in [-0.2, -0.15) is 18.3 Å². The Morgan fingerprint density at radius 1 is 0.939 bits per heavy atom. The highest BCUT2D eigenvalue weighted by Crippen LogP contribution is 2.31. The minimum absolute atomic E-state index is 0.211. The van der Waals surface area contributed by atoms with Gasteiger partial charge in [0.15, 0.2) is 5.65 Å². The molecule has 0 unspecified atom stereocenters. The molecule has 0 bridgehead atoms. The van der Waals surface area contributed by atoms with E-state index in [-0.39, 0.29) is 5.56 Å². The molecular weight excluding hydrogens is 431 g/mol. The van der Waals surface area contributed by atoms with E-state index in [4.69, 9.17) is 0 Å². The van der Waals surface area contributed by atoms with E-state index in [1.54, 1.807) is 41.5 Å². The van der Waals surface area contributed by atoms with E-state index in [2.05, 4.69) is 15.1 Å². The number of nitrogens with zero attached hydrogens (tertiary/aromatic N) is 5. The molecule has 6 nitrogen and oxygen atoms in total. The lowest BCUT2D eigenvalue weighted by molar-refractivity contribution is -0.137. The number of halogens is 3. The van der Waals surface area contributed by atoms with Crippen molar-refractivity contribution in [2.45, 2.75) is 12.7 Å². The maximum atomic E-state index is 12.9. The van der Waals surface area contributed by atoms with Crippen LogP contribution in [-0.2, 0) is 12.7 Å². The molecular formula is C24H16F3N5O. The number of hydrogen-bond donors (Lipinski definition) is 0. The molecule has 0 fully saturated rings. The Balaban J connectivity index is 1.56. The molecule has 4 heterocycles. The largest absolute Gasteiger partial charge is 0.416 e. The average Bonchev–Trinajstić information content (AvgIpc) is 3.20. The van der Waals surface area contributed by atoms with E-state index in [1.165, 1.54) is 22.9 Å². The number of alkyl halides is 3. The summed E-state index contributed by atoms with van der Waals surface area (Å²) in [6, 6.07) is 15.2. The Morgan fingerprint density at radius 2 is 1.73 bits per heavy atom. The quantitative estimate of drug-likeness (QED) is 0.400. The summed E-state index contributed by atoms with van der Waals surface area (Å²) in [7, 11) is 0. The van der Waals surface area contributed by atoms with Gasteiger partial charge in [0.25, 0.3) is 5.56 Å². The van der Waals surface area contributed by atoms with Gasteiger partial charge in [-0.05, 0) is 54.1 Å². The van der Waals surface area contributed by atoms with Gasteiger partial charge in [-0.3, -0.25) is 9.78 Å². The molecule has 0 saturated carbocycles. The van der Waals surface area contributed by atoms with Crippen LogP contribution in [0.5, 0.6) is 0 Å². The summed E-state index contributed by atoms with van der Waals surface area (Å²) >= 11 is 0. The number of pyridine rings is 3. The summed E-state index contributed by atoms with van der Waals surface area (Å²) in [5.74, 6) is 0. The van der Waals surface area contributed by atoms with Crippen molar-refractivity contribution in [1.29, 1.82) is 0 Å². The monoisotopic (exact) mass is 447 g/mol. The lowest BCUT2D eigenvalue weighted by Crippen LogP contribution is -2.19. The fraction of sp³-hybridized carbons (Fsp3) is 0.0833. The molecule has 0 saturated heterocycles. The second-order valence-electron chi connectivity index (χ2n) is 7.42. The Bertz CT molecular complexity index is 1490. The van der Waals surface area contributed by atoms with E-state index in [0.29, 0.717) is 34.5 Å². The first-order chi connectivity index (χ1) is 15.9. The van der Waals surface area contributed by atoms with Crippen LogP contribution in [0.1, 0.15) is 11.1 Å². The van der Waals surface area contributed by atoms with E-state index in [1.807, 2.05) is 18.2 Å². The van der Waals surface area contributed by atoms with Crippen molar-refractivity contribution in [2.75, 3.05) is 0 Å². The molecule has 5 rings (SSSR count). The molecule has 1 aromatic carbocycles. The molecule has 0 atom stereocenters. The van der Waals surface area contributed by atoms with E-state index in [9.17, 15) is 18.0 Å². The topological polar surface area (TPSA) is 65.6 Å². The van der Waals surface area contributed by atoms with Crippen LogP contribution >= 0.6 is 0 Å². The van der Waals surface area contributed by atoms with E-state index < -0.39 is 11.7 Å². The minimum atomic E-state index is -4.42. The van der Waals surface area contributed by atoms with Crippen molar-refractivity contribution in [3.63, 3.8) is 0 Å². The van der Waals surface area contributed by atoms with Crippen molar-refractivity contribution in [3.05, 3.63) is 107 Å². The summed E-state index contributed by atoms with van der Waals surface area (Å²) in [4.78, 5) is 21.2. The van der Waals surface area contributed by atoms with Gasteiger partial charge in [-0.1, -0.05) is 6.07 Å². The van der Waals surface area contributed by atoms with Crippen LogP contribution in [0, 0.1) is 0 Å². The zero-order valence-electron chi connectivity index (χ0n) is 17.1. The molecule has 0 aliphatic heterocycles. The SMILES string of the molecule is O=c1cc(-c2nn(-c3ccc(C(F)(F)F)cc3)c3ncccc23)ccn1Cc1cccnc1. The molecule has 0 spiro atoms. The van der Waals surface area contributed by atoms with Crippen LogP contribution in [0.2, 0.25) is 0 Å². The van der Waals surface area contributed by atoms with Gasteiger partial charge in [0.05, 0.1) is 17.8 Å². The number of aromatic nitrogens is 5. The Hall–Kier alpha value is -4.27. The second-order valence-corrected chi connectivity index (χ2v) is 7.42. The third kappa shape index (κ3) is 4.00. The highest BCUT2D eigenvalue weighted by atomic mass is 19.4. The van der Waals surface area contributed by atoms with Crippen molar-refractivity contribution in [3.8, 4) is 16.9 Å². The first-order valence-electron chi connectivity index (χ1n) is 10.0.